The Kier molecular flexibility index (Phi) is 3.27. The second kappa shape index (κ2) is 4.80. The summed E-state index contributed by atoms with van der Waals surface area (Å²) in [5.74, 6) is 0.565. The minimum absolute atomic E-state index is 0.249. The van der Waals surface area contributed by atoms with Crippen LogP contribution in [0.25, 0.3) is 0 Å². The lowest BCUT2D eigenvalue weighted by Crippen LogP contribution is -2.47. The summed E-state index contributed by atoms with van der Waals surface area (Å²) >= 11 is 5.96. The molecule has 19 heavy (non-hydrogen) atoms. The number of nitrogens with one attached hydrogen (secondary N) is 1. The first kappa shape index (κ1) is 12.9. The third kappa shape index (κ3) is 2.05. The number of hydrogen-bond acceptors (Lipinski definition) is 2. The van der Waals surface area contributed by atoms with E-state index in [0.29, 0.717) is 5.91 Å². The van der Waals surface area contributed by atoms with Gasteiger partial charge in [0.05, 0.1) is 5.41 Å². The van der Waals surface area contributed by atoms with E-state index >= 15 is 0 Å². The summed E-state index contributed by atoms with van der Waals surface area (Å²) in [7, 11) is 1.91. The van der Waals surface area contributed by atoms with Crippen molar-refractivity contribution in [1.82, 2.24) is 10.2 Å². The summed E-state index contributed by atoms with van der Waals surface area (Å²) in [6, 6.07) is 7.97. The number of hydrogen-bond donors (Lipinski definition) is 1. The van der Waals surface area contributed by atoms with Gasteiger partial charge in [0, 0.05) is 31.1 Å². The van der Waals surface area contributed by atoms with E-state index in [1.165, 1.54) is 5.56 Å². The quantitative estimate of drug-likeness (QED) is 0.855. The lowest BCUT2D eigenvalue weighted by atomic mass is 9.69. The number of likely N-dealkylation sites (tertiary alicyclic amines) is 1. The Labute approximate surface area is 118 Å². The first-order chi connectivity index (χ1) is 9.13. The second-order valence-corrected chi connectivity index (χ2v) is 6.16. The maximum atomic E-state index is 12.6. The largest absolute Gasteiger partial charge is 0.345 e. The van der Waals surface area contributed by atoms with E-state index in [2.05, 4.69) is 17.4 Å². The van der Waals surface area contributed by atoms with E-state index in [4.69, 9.17) is 11.6 Å². The molecule has 2 aliphatic rings. The molecular weight excluding hydrogens is 260 g/mol. The number of benzene rings is 1. The third-order valence-corrected chi connectivity index (χ3v) is 4.84. The van der Waals surface area contributed by atoms with Gasteiger partial charge in [-0.15, -0.1) is 0 Å². The summed E-state index contributed by atoms with van der Waals surface area (Å²) in [4.78, 5) is 14.5. The Hall–Kier alpha value is -1.06. The van der Waals surface area contributed by atoms with Crippen molar-refractivity contribution in [2.75, 3.05) is 26.7 Å². The molecule has 0 aliphatic carbocycles. The average Bonchev–Trinajstić information content (AvgIpc) is 2.66. The van der Waals surface area contributed by atoms with Crippen molar-refractivity contribution < 1.29 is 4.79 Å². The number of rotatable bonds is 1. The van der Waals surface area contributed by atoms with Crippen molar-refractivity contribution in [1.29, 1.82) is 0 Å². The Morgan fingerprint density at radius 1 is 1.37 bits per heavy atom. The van der Waals surface area contributed by atoms with Crippen LogP contribution in [0.3, 0.4) is 0 Å². The minimum atomic E-state index is -0.249. The van der Waals surface area contributed by atoms with Crippen LogP contribution in [0, 0.1) is 5.41 Å². The van der Waals surface area contributed by atoms with Crippen LogP contribution in [0.4, 0.5) is 0 Å². The molecule has 102 valence electrons. The van der Waals surface area contributed by atoms with Crippen LogP contribution >= 0.6 is 11.6 Å². The number of piperidine rings is 1. The van der Waals surface area contributed by atoms with Gasteiger partial charge >= 0.3 is 0 Å². The molecule has 4 heteroatoms. The Morgan fingerprint density at radius 3 is 2.74 bits per heavy atom. The fraction of sp³-hybridized carbons (Fsp3) is 0.533. The van der Waals surface area contributed by atoms with Crippen molar-refractivity contribution in [3.63, 3.8) is 0 Å². The van der Waals surface area contributed by atoms with E-state index in [9.17, 15) is 4.79 Å². The number of amides is 1. The molecule has 1 amide bonds. The summed E-state index contributed by atoms with van der Waals surface area (Å²) in [5.41, 5.74) is 0.978. The molecule has 1 spiro atoms. The molecule has 2 aliphatic heterocycles. The van der Waals surface area contributed by atoms with Crippen molar-refractivity contribution in [2.45, 2.75) is 18.8 Å². The van der Waals surface area contributed by atoms with E-state index in [-0.39, 0.29) is 11.3 Å². The highest BCUT2D eigenvalue weighted by molar-refractivity contribution is 6.30. The highest BCUT2D eigenvalue weighted by Gasteiger charge is 2.53. The van der Waals surface area contributed by atoms with Crippen LogP contribution in [0.2, 0.25) is 5.02 Å². The van der Waals surface area contributed by atoms with Gasteiger partial charge in [-0.25, -0.2) is 0 Å². The highest BCUT2D eigenvalue weighted by Crippen LogP contribution is 2.47. The molecular formula is C15H19ClN2O. The van der Waals surface area contributed by atoms with Gasteiger partial charge in [-0.2, -0.15) is 0 Å². The van der Waals surface area contributed by atoms with Gasteiger partial charge in [0.25, 0.3) is 0 Å². The smallest absolute Gasteiger partial charge is 0.230 e. The molecule has 0 saturated carbocycles. The molecule has 3 nitrogen and oxygen atoms in total. The average molecular weight is 279 g/mol. The molecule has 0 bridgehead atoms. The Bertz CT molecular complexity index is 479. The highest BCUT2D eigenvalue weighted by atomic mass is 35.5. The van der Waals surface area contributed by atoms with Crippen LogP contribution < -0.4 is 5.32 Å². The number of likely N-dealkylation sites (N-methyl/N-ethyl adjacent to an activating group) is 1. The Balaban J connectivity index is 1.98. The summed E-state index contributed by atoms with van der Waals surface area (Å²) in [6.45, 7) is 2.62. The molecule has 2 fully saturated rings. The molecule has 2 heterocycles. The van der Waals surface area contributed by atoms with E-state index in [1.54, 1.807) is 0 Å². The van der Waals surface area contributed by atoms with Gasteiger partial charge in [0.2, 0.25) is 5.91 Å². The zero-order valence-corrected chi connectivity index (χ0v) is 11.9. The third-order valence-electron chi connectivity index (χ3n) is 4.59. The zero-order chi connectivity index (χ0) is 13.5. The molecule has 2 atom stereocenters. The maximum absolute atomic E-state index is 12.6. The van der Waals surface area contributed by atoms with Crippen molar-refractivity contribution >= 4 is 17.5 Å². The van der Waals surface area contributed by atoms with Crippen LogP contribution in [0.1, 0.15) is 24.3 Å². The van der Waals surface area contributed by atoms with Crippen LogP contribution in [0.5, 0.6) is 0 Å². The fourth-order valence-electron chi connectivity index (χ4n) is 3.59. The number of nitrogens with zero attached hydrogens (tertiary/aromatic N) is 1. The van der Waals surface area contributed by atoms with Crippen LogP contribution in [-0.2, 0) is 4.79 Å². The van der Waals surface area contributed by atoms with E-state index < -0.39 is 0 Å². The predicted octanol–water partition coefficient (Wildman–Crippen LogP) is 2.27. The first-order valence-electron chi connectivity index (χ1n) is 6.85. The van der Waals surface area contributed by atoms with Crippen molar-refractivity contribution in [3.8, 4) is 0 Å². The summed E-state index contributed by atoms with van der Waals surface area (Å²) < 4.78 is 0. The lowest BCUT2D eigenvalue weighted by molar-refractivity contribution is -0.136. The summed E-state index contributed by atoms with van der Waals surface area (Å²) in [5, 5.41) is 4.15. The molecule has 0 aromatic heterocycles. The molecule has 1 aromatic rings. The molecule has 0 radical (unpaired) electrons. The minimum Gasteiger partial charge on any atom is -0.345 e. The van der Waals surface area contributed by atoms with E-state index in [1.807, 2.05) is 24.1 Å². The monoisotopic (exact) mass is 278 g/mol. The molecule has 3 rings (SSSR count). The van der Waals surface area contributed by atoms with Crippen LogP contribution in [-0.4, -0.2) is 37.5 Å². The normalized spacial score (nSPS) is 31.2. The van der Waals surface area contributed by atoms with Crippen LogP contribution in [0.15, 0.2) is 24.3 Å². The zero-order valence-electron chi connectivity index (χ0n) is 11.2. The second-order valence-electron chi connectivity index (χ2n) is 5.73. The topological polar surface area (TPSA) is 32.3 Å². The van der Waals surface area contributed by atoms with Gasteiger partial charge in [0.15, 0.2) is 0 Å². The lowest BCUT2D eigenvalue weighted by Gasteiger charge is -2.36. The Morgan fingerprint density at radius 2 is 2.11 bits per heavy atom. The number of halogens is 1. The SMILES string of the molecule is CN1CC(c2ccc(Cl)cc2)C2(CCCNC2)C1=O. The van der Waals surface area contributed by atoms with Gasteiger partial charge in [0.1, 0.15) is 0 Å². The van der Waals surface area contributed by atoms with Gasteiger partial charge in [-0.3, -0.25) is 4.79 Å². The maximum Gasteiger partial charge on any atom is 0.230 e. The molecule has 1 N–H and O–H groups in total. The fourth-order valence-corrected chi connectivity index (χ4v) is 3.71. The first-order valence-corrected chi connectivity index (χ1v) is 7.23. The number of carbonyl (C=O) groups excluding carboxylic acids is 1. The van der Waals surface area contributed by atoms with Gasteiger partial charge in [-0.1, -0.05) is 23.7 Å². The molecule has 2 saturated heterocycles. The van der Waals surface area contributed by atoms with Gasteiger partial charge < -0.3 is 10.2 Å². The molecule has 2 unspecified atom stereocenters. The van der Waals surface area contributed by atoms with E-state index in [0.717, 1.165) is 37.5 Å². The number of carbonyl (C=O) groups is 1. The van der Waals surface area contributed by atoms with Crippen molar-refractivity contribution in [3.05, 3.63) is 34.9 Å². The molecule has 1 aromatic carbocycles. The summed E-state index contributed by atoms with van der Waals surface area (Å²) in [6.07, 6.45) is 2.06. The predicted molar refractivity (Wildman–Crippen MR) is 76.4 cm³/mol. The van der Waals surface area contributed by atoms with Crippen molar-refractivity contribution in [2.24, 2.45) is 5.41 Å². The standard InChI is InChI=1S/C15H19ClN2O/c1-18-9-13(11-3-5-12(16)6-4-11)15(14(18)19)7-2-8-17-10-15/h3-6,13,17H,2,7-10H2,1H3. The van der Waals surface area contributed by atoms with Gasteiger partial charge in [-0.05, 0) is 37.1 Å².